The number of aromatic nitrogens is 5. The lowest BCUT2D eigenvalue weighted by Crippen LogP contribution is -2.47. The minimum Gasteiger partial charge on any atom is -0.484 e. The van der Waals surface area contributed by atoms with Crippen LogP contribution < -0.4 is 26.0 Å². The van der Waals surface area contributed by atoms with Gasteiger partial charge in [0.25, 0.3) is 5.91 Å². The van der Waals surface area contributed by atoms with Crippen LogP contribution in [0.1, 0.15) is 0 Å². The molecule has 42 heavy (non-hydrogen) atoms. The topological polar surface area (TPSA) is 144 Å². The van der Waals surface area contributed by atoms with E-state index in [2.05, 4.69) is 30.6 Å². The summed E-state index contributed by atoms with van der Waals surface area (Å²) in [5.74, 6) is 0.631. The number of rotatable bonds is 11. The molecule has 14 heteroatoms. The van der Waals surface area contributed by atoms with Crippen molar-refractivity contribution < 1.29 is 18.3 Å². The fraction of sp³-hybridized carbons (Fsp3) is 0.357. The molecule has 4 aromatic heterocycles. The summed E-state index contributed by atoms with van der Waals surface area (Å²) in [7, 11) is 1.81. The maximum absolute atomic E-state index is 14.9. The third-order valence-electron chi connectivity index (χ3n) is 7.33. The maximum atomic E-state index is 14.9. The van der Waals surface area contributed by atoms with Gasteiger partial charge in [-0.15, -0.1) is 0 Å². The number of likely N-dealkylation sites (N-methyl/N-ethyl adjacent to an activating group) is 1. The minimum absolute atomic E-state index is 0.158. The predicted octanol–water partition coefficient (Wildman–Crippen LogP) is 1.60. The molecule has 5 heterocycles. The number of furan rings is 1. The van der Waals surface area contributed by atoms with Crippen molar-refractivity contribution in [2.24, 2.45) is 0 Å². The van der Waals surface area contributed by atoms with Crippen LogP contribution in [0.2, 0.25) is 0 Å². The van der Waals surface area contributed by atoms with Crippen molar-refractivity contribution in [3.05, 3.63) is 54.8 Å². The molecule has 4 N–H and O–H groups in total. The Morgan fingerprint density at radius 2 is 2.00 bits per heavy atom. The second kappa shape index (κ2) is 12.0. The number of ether oxygens (including phenoxy) is 1. The number of hydrogen-bond acceptors (Lipinski definition) is 10. The minimum atomic E-state index is -0.369. The molecule has 0 atom stereocenters. The lowest BCUT2D eigenvalue weighted by atomic mass is 10.2. The zero-order valence-corrected chi connectivity index (χ0v) is 23.3. The van der Waals surface area contributed by atoms with Crippen LogP contribution in [0.3, 0.4) is 0 Å². The summed E-state index contributed by atoms with van der Waals surface area (Å²) in [6, 6.07) is 10.3. The van der Waals surface area contributed by atoms with Gasteiger partial charge >= 0.3 is 0 Å². The van der Waals surface area contributed by atoms with E-state index in [1.54, 1.807) is 29.2 Å². The quantitative estimate of drug-likeness (QED) is 0.198. The largest absolute Gasteiger partial charge is 0.484 e. The van der Waals surface area contributed by atoms with E-state index in [-0.39, 0.29) is 24.3 Å². The average molecular weight is 577 g/mol. The third-order valence-corrected chi connectivity index (χ3v) is 7.33. The number of nitrogens with zero attached hydrogens (tertiary/aromatic N) is 7. The number of carbonyl (C=O) groups excluding carboxylic acids is 1. The molecule has 220 valence electrons. The van der Waals surface area contributed by atoms with Crippen LogP contribution in [-0.2, 0) is 11.3 Å². The fourth-order valence-corrected chi connectivity index (χ4v) is 5.08. The van der Waals surface area contributed by atoms with Crippen molar-refractivity contribution >= 4 is 34.2 Å². The summed E-state index contributed by atoms with van der Waals surface area (Å²) in [5.41, 5.74) is 9.62. The zero-order chi connectivity index (χ0) is 29.1. The Bertz CT molecular complexity index is 1670. The molecule has 0 aliphatic carbocycles. The number of hydrogen-bond donors (Lipinski definition) is 3. The zero-order valence-electron chi connectivity index (χ0n) is 23.3. The van der Waals surface area contributed by atoms with E-state index in [4.69, 9.17) is 14.9 Å². The molecular weight excluding hydrogens is 543 g/mol. The van der Waals surface area contributed by atoms with Crippen LogP contribution in [0.15, 0.2) is 53.4 Å². The Balaban J connectivity index is 1.04. The smallest absolute Gasteiger partial charge is 0.257 e. The normalized spacial score (nSPS) is 14.2. The molecule has 1 aliphatic rings. The molecule has 0 spiro atoms. The van der Waals surface area contributed by atoms with E-state index >= 15 is 0 Å². The Hall–Kier alpha value is -4.69. The monoisotopic (exact) mass is 576 g/mol. The van der Waals surface area contributed by atoms with Crippen LogP contribution in [0.5, 0.6) is 5.75 Å². The van der Waals surface area contributed by atoms with Crippen LogP contribution in [0, 0.1) is 5.82 Å². The number of amides is 1. The highest BCUT2D eigenvalue weighted by atomic mass is 19.1. The van der Waals surface area contributed by atoms with Gasteiger partial charge in [0.2, 0.25) is 5.95 Å². The molecule has 1 aromatic carbocycles. The first-order valence-corrected chi connectivity index (χ1v) is 13.8. The van der Waals surface area contributed by atoms with Gasteiger partial charge in [0, 0.05) is 58.4 Å². The number of fused-ring (bicyclic) bond motifs is 3. The first kappa shape index (κ1) is 27.5. The van der Waals surface area contributed by atoms with Crippen molar-refractivity contribution in [2.75, 3.05) is 70.1 Å². The molecule has 1 fully saturated rings. The van der Waals surface area contributed by atoms with Gasteiger partial charge in [0.1, 0.15) is 28.3 Å². The van der Waals surface area contributed by atoms with E-state index in [1.807, 2.05) is 34.7 Å². The number of benzene rings is 1. The second-order valence-electron chi connectivity index (χ2n) is 10.1. The average Bonchev–Trinajstić information content (AvgIpc) is 3.76. The van der Waals surface area contributed by atoms with E-state index in [0.717, 1.165) is 30.7 Å². The van der Waals surface area contributed by atoms with E-state index < -0.39 is 0 Å². The third kappa shape index (κ3) is 5.71. The number of anilines is 2. The predicted molar refractivity (Wildman–Crippen MR) is 156 cm³/mol. The number of nitrogens with two attached hydrogens (primary N) is 1. The first-order valence-electron chi connectivity index (χ1n) is 13.8. The molecule has 0 bridgehead atoms. The van der Waals surface area contributed by atoms with Gasteiger partial charge in [0.15, 0.2) is 18.0 Å². The van der Waals surface area contributed by atoms with Crippen molar-refractivity contribution in [1.82, 2.24) is 39.7 Å². The van der Waals surface area contributed by atoms with E-state index in [1.165, 1.54) is 6.07 Å². The van der Waals surface area contributed by atoms with Crippen LogP contribution in [0.25, 0.3) is 28.1 Å². The number of carbonyl (C=O) groups is 1. The fourth-order valence-electron chi connectivity index (χ4n) is 5.08. The summed E-state index contributed by atoms with van der Waals surface area (Å²) in [6.07, 6.45) is 3.38. The van der Waals surface area contributed by atoms with Gasteiger partial charge in [-0.1, -0.05) is 0 Å². The number of imidazole rings is 1. The highest BCUT2D eigenvalue weighted by Crippen LogP contribution is 2.27. The van der Waals surface area contributed by atoms with Gasteiger partial charge < -0.3 is 35.0 Å². The van der Waals surface area contributed by atoms with Crippen molar-refractivity contribution in [3.8, 4) is 17.2 Å². The molecule has 1 aliphatic heterocycles. The summed E-state index contributed by atoms with van der Waals surface area (Å²) in [6.45, 7) is 5.42. The molecule has 5 aromatic rings. The van der Waals surface area contributed by atoms with Gasteiger partial charge in [-0.05, 0) is 37.4 Å². The van der Waals surface area contributed by atoms with Crippen LogP contribution in [-0.4, -0.2) is 94.4 Å². The molecule has 0 radical (unpaired) electrons. The van der Waals surface area contributed by atoms with Crippen molar-refractivity contribution in [3.63, 3.8) is 0 Å². The lowest BCUT2D eigenvalue weighted by molar-refractivity contribution is -0.123. The van der Waals surface area contributed by atoms with E-state index in [9.17, 15) is 9.18 Å². The molecule has 6 rings (SSSR count). The summed E-state index contributed by atoms with van der Waals surface area (Å²) < 4.78 is 29.4. The SMILES string of the molecule is CNCCNC(=O)COc1ccc(N2CCN(CCn3cnc4c3nc(N)n3nc(-c5ccco5)cc43)CC2)c(F)c1. The van der Waals surface area contributed by atoms with Gasteiger partial charge in [-0.3, -0.25) is 9.69 Å². The molecule has 0 unspecified atom stereocenters. The van der Waals surface area contributed by atoms with Crippen LogP contribution >= 0.6 is 0 Å². The van der Waals surface area contributed by atoms with Crippen LogP contribution in [0.4, 0.5) is 16.0 Å². The van der Waals surface area contributed by atoms with Crippen molar-refractivity contribution in [2.45, 2.75) is 6.54 Å². The molecule has 0 saturated carbocycles. The Morgan fingerprint density at radius 3 is 2.76 bits per heavy atom. The van der Waals surface area contributed by atoms with Gasteiger partial charge in [0.05, 0.1) is 18.3 Å². The number of halogens is 1. The molecule has 1 amide bonds. The molecule has 1 saturated heterocycles. The molecule has 13 nitrogen and oxygen atoms in total. The molecular formula is C28H33FN10O3. The van der Waals surface area contributed by atoms with Gasteiger partial charge in [-0.2, -0.15) is 14.6 Å². The Morgan fingerprint density at radius 1 is 1.14 bits per heavy atom. The highest BCUT2D eigenvalue weighted by molar-refractivity contribution is 5.90. The lowest BCUT2D eigenvalue weighted by Gasteiger charge is -2.36. The summed E-state index contributed by atoms with van der Waals surface area (Å²) in [4.78, 5) is 25.4. The first-order chi connectivity index (χ1) is 20.5. The number of nitrogens with one attached hydrogen (secondary N) is 2. The number of piperazine rings is 1. The standard InChI is InChI=1S/C28H33FN10O3/c1-31-6-7-32-25(40)17-42-19-4-5-22(20(29)15-19)37-11-8-36(9-12-37)10-13-38-18-33-26-23-16-21(24-3-2-14-41-24)35-39(23)28(30)34-27(26)38/h2-5,14-16,18,31H,6-13,17H2,1H3,(H2,30,34)(H,32,40). The Labute approximate surface area is 241 Å². The summed E-state index contributed by atoms with van der Waals surface area (Å²) in [5, 5.41) is 10.2. The maximum Gasteiger partial charge on any atom is 0.257 e. The van der Waals surface area contributed by atoms with E-state index in [0.29, 0.717) is 61.3 Å². The Kier molecular flexibility index (Phi) is 7.88. The number of nitrogen functional groups attached to an aromatic ring is 1. The second-order valence-corrected chi connectivity index (χ2v) is 10.1. The van der Waals surface area contributed by atoms with Gasteiger partial charge in [-0.25, -0.2) is 9.37 Å². The highest BCUT2D eigenvalue weighted by Gasteiger charge is 2.21. The van der Waals surface area contributed by atoms with Crippen molar-refractivity contribution in [1.29, 1.82) is 0 Å². The summed E-state index contributed by atoms with van der Waals surface area (Å²) >= 11 is 0.